The SMILES string of the molecule is CCOc1ccccc1C(C)NCc1ncc(C)o1. The van der Waals surface area contributed by atoms with Gasteiger partial charge >= 0.3 is 0 Å². The number of benzene rings is 1. The molecule has 1 unspecified atom stereocenters. The fourth-order valence-electron chi connectivity index (χ4n) is 1.96. The van der Waals surface area contributed by atoms with Gasteiger partial charge in [-0.05, 0) is 26.8 Å². The first-order valence-electron chi connectivity index (χ1n) is 6.57. The molecule has 0 radical (unpaired) electrons. The molecular formula is C15H20N2O2. The topological polar surface area (TPSA) is 47.3 Å². The number of nitrogens with zero attached hydrogens (tertiary/aromatic N) is 1. The monoisotopic (exact) mass is 260 g/mol. The van der Waals surface area contributed by atoms with Gasteiger partial charge in [-0.15, -0.1) is 0 Å². The standard InChI is InChI=1S/C15H20N2O2/c1-4-18-14-8-6-5-7-13(14)12(3)16-10-15-17-9-11(2)19-15/h5-9,12,16H,4,10H2,1-3H3. The molecule has 2 rings (SSSR count). The van der Waals surface area contributed by atoms with Crippen molar-refractivity contribution in [2.45, 2.75) is 33.4 Å². The highest BCUT2D eigenvalue weighted by Crippen LogP contribution is 2.24. The molecule has 1 N–H and O–H groups in total. The van der Waals surface area contributed by atoms with Gasteiger partial charge in [0, 0.05) is 11.6 Å². The highest BCUT2D eigenvalue weighted by atomic mass is 16.5. The summed E-state index contributed by atoms with van der Waals surface area (Å²) < 4.78 is 11.1. The summed E-state index contributed by atoms with van der Waals surface area (Å²) in [6, 6.07) is 8.25. The van der Waals surface area contributed by atoms with E-state index in [1.165, 1.54) is 0 Å². The van der Waals surface area contributed by atoms with Gasteiger partial charge in [0.1, 0.15) is 11.5 Å². The van der Waals surface area contributed by atoms with Crippen molar-refractivity contribution in [1.82, 2.24) is 10.3 Å². The molecule has 0 fully saturated rings. The van der Waals surface area contributed by atoms with Gasteiger partial charge in [-0.25, -0.2) is 4.98 Å². The van der Waals surface area contributed by atoms with Crippen LogP contribution < -0.4 is 10.1 Å². The summed E-state index contributed by atoms with van der Waals surface area (Å²) in [6.07, 6.45) is 1.73. The molecule has 2 aromatic rings. The Labute approximate surface area is 113 Å². The van der Waals surface area contributed by atoms with Gasteiger partial charge in [-0.3, -0.25) is 0 Å². The minimum Gasteiger partial charge on any atom is -0.494 e. The Kier molecular flexibility index (Phi) is 4.58. The van der Waals surface area contributed by atoms with E-state index in [1.807, 2.05) is 32.0 Å². The maximum Gasteiger partial charge on any atom is 0.208 e. The second kappa shape index (κ2) is 6.38. The average Bonchev–Trinajstić information content (AvgIpc) is 2.83. The Balaban J connectivity index is 2.01. The van der Waals surface area contributed by atoms with E-state index in [1.54, 1.807) is 6.20 Å². The molecule has 0 aliphatic rings. The fourth-order valence-corrected chi connectivity index (χ4v) is 1.96. The number of nitrogens with one attached hydrogen (secondary N) is 1. The molecule has 1 atom stereocenters. The molecule has 0 bridgehead atoms. The van der Waals surface area contributed by atoms with E-state index >= 15 is 0 Å². The molecule has 102 valence electrons. The molecule has 4 nitrogen and oxygen atoms in total. The lowest BCUT2D eigenvalue weighted by molar-refractivity contribution is 0.331. The third-order valence-corrected chi connectivity index (χ3v) is 2.91. The molecule has 0 aliphatic carbocycles. The molecule has 0 aliphatic heterocycles. The zero-order valence-corrected chi connectivity index (χ0v) is 11.6. The first-order valence-corrected chi connectivity index (χ1v) is 6.57. The van der Waals surface area contributed by atoms with Gasteiger partial charge in [0.15, 0.2) is 0 Å². The van der Waals surface area contributed by atoms with E-state index in [0.29, 0.717) is 19.0 Å². The number of aryl methyl sites for hydroxylation is 1. The van der Waals surface area contributed by atoms with Crippen LogP contribution >= 0.6 is 0 Å². The van der Waals surface area contributed by atoms with E-state index in [2.05, 4.69) is 23.3 Å². The summed E-state index contributed by atoms with van der Waals surface area (Å²) in [5.74, 6) is 2.46. The van der Waals surface area contributed by atoms with Crippen LogP contribution in [0.4, 0.5) is 0 Å². The van der Waals surface area contributed by atoms with Crippen LogP contribution in [0.1, 0.15) is 37.1 Å². The van der Waals surface area contributed by atoms with Crippen LogP contribution in [-0.2, 0) is 6.54 Å². The molecule has 1 aromatic heterocycles. The highest BCUT2D eigenvalue weighted by Gasteiger charge is 2.11. The summed E-state index contributed by atoms with van der Waals surface area (Å²) in [5.41, 5.74) is 1.15. The van der Waals surface area contributed by atoms with E-state index in [-0.39, 0.29) is 6.04 Å². The number of para-hydroxylation sites is 1. The van der Waals surface area contributed by atoms with Gasteiger partial charge in [0.25, 0.3) is 0 Å². The molecule has 0 amide bonds. The fraction of sp³-hybridized carbons (Fsp3) is 0.400. The summed E-state index contributed by atoms with van der Waals surface area (Å²) in [6.45, 7) is 7.26. The predicted molar refractivity (Wildman–Crippen MR) is 74.1 cm³/mol. The number of ether oxygens (including phenoxy) is 1. The lowest BCUT2D eigenvalue weighted by Crippen LogP contribution is -2.19. The molecule has 0 saturated heterocycles. The first kappa shape index (κ1) is 13.6. The maximum atomic E-state index is 5.64. The van der Waals surface area contributed by atoms with E-state index < -0.39 is 0 Å². The molecule has 0 spiro atoms. The predicted octanol–water partition coefficient (Wildman–Crippen LogP) is 3.23. The Bertz CT molecular complexity index is 522. The van der Waals surface area contributed by atoms with Crippen LogP contribution in [0.3, 0.4) is 0 Å². The normalized spacial score (nSPS) is 12.4. The van der Waals surface area contributed by atoms with E-state index in [0.717, 1.165) is 17.1 Å². The van der Waals surface area contributed by atoms with Crippen LogP contribution in [0.5, 0.6) is 5.75 Å². The van der Waals surface area contributed by atoms with Crippen LogP contribution in [0.25, 0.3) is 0 Å². The quantitative estimate of drug-likeness (QED) is 0.866. The van der Waals surface area contributed by atoms with Gasteiger partial charge < -0.3 is 14.5 Å². The largest absolute Gasteiger partial charge is 0.494 e. The molecule has 1 aromatic carbocycles. The number of aromatic nitrogens is 1. The summed E-state index contributed by atoms with van der Waals surface area (Å²) in [5, 5.41) is 3.39. The van der Waals surface area contributed by atoms with Gasteiger partial charge in [-0.2, -0.15) is 0 Å². The summed E-state index contributed by atoms with van der Waals surface area (Å²) in [7, 11) is 0. The smallest absolute Gasteiger partial charge is 0.208 e. The number of hydrogen-bond donors (Lipinski definition) is 1. The Hall–Kier alpha value is -1.81. The van der Waals surface area contributed by atoms with Gasteiger partial charge in [-0.1, -0.05) is 18.2 Å². The second-order valence-electron chi connectivity index (χ2n) is 4.44. The molecule has 4 heteroatoms. The zero-order chi connectivity index (χ0) is 13.7. The Morgan fingerprint density at radius 1 is 1.37 bits per heavy atom. The minimum atomic E-state index is 0.176. The van der Waals surface area contributed by atoms with E-state index in [9.17, 15) is 0 Å². The van der Waals surface area contributed by atoms with Crippen molar-refractivity contribution in [3.8, 4) is 5.75 Å². The molecule has 19 heavy (non-hydrogen) atoms. The van der Waals surface area contributed by atoms with Crippen LogP contribution in [-0.4, -0.2) is 11.6 Å². The van der Waals surface area contributed by atoms with Crippen LogP contribution in [0.2, 0.25) is 0 Å². The lowest BCUT2D eigenvalue weighted by atomic mass is 10.1. The maximum absolute atomic E-state index is 5.64. The van der Waals surface area contributed by atoms with Gasteiger partial charge in [0.05, 0.1) is 19.3 Å². The van der Waals surface area contributed by atoms with Crippen molar-refractivity contribution in [3.05, 3.63) is 47.7 Å². The molecule has 0 saturated carbocycles. The van der Waals surface area contributed by atoms with Crippen LogP contribution in [0, 0.1) is 6.92 Å². The highest BCUT2D eigenvalue weighted by molar-refractivity contribution is 5.35. The van der Waals surface area contributed by atoms with Crippen molar-refractivity contribution < 1.29 is 9.15 Å². The first-order chi connectivity index (χ1) is 9.20. The van der Waals surface area contributed by atoms with Crippen molar-refractivity contribution in [1.29, 1.82) is 0 Å². The summed E-state index contributed by atoms with van der Waals surface area (Å²) >= 11 is 0. The van der Waals surface area contributed by atoms with Gasteiger partial charge in [0.2, 0.25) is 5.89 Å². The second-order valence-corrected chi connectivity index (χ2v) is 4.44. The number of oxazole rings is 1. The Morgan fingerprint density at radius 3 is 2.84 bits per heavy atom. The molecule has 1 heterocycles. The Morgan fingerprint density at radius 2 is 2.16 bits per heavy atom. The molecular weight excluding hydrogens is 240 g/mol. The zero-order valence-electron chi connectivity index (χ0n) is 11.6. The van der Waals surface area contributed by atoms with E-state index in [4.69, 9.17) is 9.15 Å². The average molecular weight is 260 g/mol. The number of hydrogen-bond acceptors (Lipinski definition) is 4. The lowest BCUT2D eigenvalue weighted by Gasteiger charge is -2.17. The third kappa shape index (κ3) is 3.58. The minimum absolute atomic E-state index is 0.176. The van der Waals surface area contributed by atoms with Crippen molar-refractivity contribution in [3.63, 3.8) is 0 Å². The van der Waals surface area contributed by atoms with Crippen molar-refractivity contribution in [2.24, 2.45) is 0 Å². The number of rotatable bonds is 6. The third-order valence-electron chi connectivity index (χ3n) is 2.91. The summed E-state index contributed by atoms with van der Waals surface area (Å²) in [4.78, 5) is 4.18. The van der Waals surface area contributed by atoms with Crippen LogP contribution in [0.15, 0.2) is 34.9 Å². The van der Waals surface area contributed by atoms with Crippen molar-refractivity contribution in [2.75, 3.05) is 6.61 Å². The van der Waals surface area contributed by atoms with Crippen molar-refractivity contribution >= 4 is 0 Å².